The molecule has 3 heteroatoms. The van der Waals surface area contributed by atoms with Crippen LogP contribution in [0.5, 0.6) is 0 Å². The molecule has 0 aliphatic carbocycles. The molecule has 3 nitrogen and oxygen atoms in total. The van der Waals surface area contributed by atoms with E-state index in [1.807, 2.05) is 13.8 Å². The van der Waals surface area contributed by atoms with E-state index < -0.39 is 0 Å². The topological polar surface area (TPSA) is 28.4 Å². The SMILES string of the molecule is Cc1cc(C(C)NCC2CCN(C)C2)c(C)o1. The summed E-state index contributed by atoms with van der Waals surface area (Å²) in [5.74, 6) is 2.86. The lowest BCUT2D eigenvalue weighted by Gasteiger charge is -2.17. The lowest BCUT2D eigenvalue weighted by Crippen LogP contribution is -2.27. The highest BCUT2D eigenvalue weighted by Gasteiger charge is 2.20. The molecule has 17 heavy (non-hydrogen) atoms. The maximum absolute atomic E-state index is 5.58. The Morgan fingerprint density at radius 2 is 2.29 bits per heavy atom. The smallest absolute Gasteiger partial charge is 0.105 e. The third-order valence-corrected chi connectivity index (χ3v) is 3.75. The Kier molecular flexibility index (Phi) is 3.89. The van der Waals surface area contributed by atoms with Crippen molar-refractivity contribution in [1.29, 1.82) is 0 Å². The van der Waals surface area contributed by atoms with Gasteiger partial charge in [-0.15, -0.1) is 0 Å². The molecule has 2 atom stereocenters. The summed E-state index contributed by atoms with van der Waals surface area (Å²) in [6.45, 7) is 9.85. The fourth-order valence-electron chi connectivity index (χ4n) is 2.73. The molecule has 0 amide bonds. The highest BCUT2D eigenvalue weighted by Crippen LogP contribution is 2.22. The van der Waals surface area contributed by atoms with E-state index in [0.717, 1.165) is 24.0 Å². The predicted molar refractivity (Wildman–Crippen MR) is 70.2 cm³/mol. The molecule has 96 valence electrons. The summed E-state index contributed by atoms with van der Waals surface area (Å²) in [6.07, 6.45) is 1.32. The molecule has 1 aromatic heterocycles. The lowest BCUT2D eigenvalue weighted by atomic mass is 10.1. The number of nitrogens with zero attached hydrogens (tertiary/aromatic N) is 1. The number of furan rings is 1. The Morgan fingerprint density at radius 1 is 1.53 bits per heavy atom. The maximum atomic E-state index is 5.58. The van der Waals surface area contributed by atoms with Crippen LogP contribution in [0.4, 0.5) is 0 Å². The van der Waals surface area contributed by atoms with Gasteiger partial charge >= 0.3 is 0 Å². The average Bonchev–Trinajstić information content (AvgIpc) is 2.81. The lowest BCUT2D eigenvalue weighted by molar-refractivity contribution is 0.381. The normalized spacial score (nSPS) is 23.2. The first-order valence-electron chi connectivity index (χ1n) is 6.55. The molecule has 0 radical (unpaired) electrons. The minimum atomic E-state index is 0.387. The molecule has 0 spiro atoms. The largest absolute Gasteiger partial charge is 0.466 e. The Labute approximate surface area is 104 Å². The van der Waals surface area contributed by atoms with Gasteiger partial charge in [-0.1, -0.05) is 0 Å². The Hall–Kier alpha value is -0.800. The third-order valence-electron chi connectivity index (χ3n) is 3.75. The zero-order valence-electron chi connectivity index (χ0n) is 11.4. The van der Waals surface area contributed by atoms with Crippen molar-refractivity contribution in [2.24, 2.45) is 5.92 Å². The average molecular weight is 236 g/mol. The second kappa shape index (κ2) is 5.23. The highest BCUT2D eigenvalue weighted by molar-refractivity contribution is 5.23. The van der Waals surface area contributed by atoms with Crippen molar-refractivity contribution in [1.82, 2.24) is 10.2 Å². The number of hydrogen-bond acceptors (Lipinski definition) is 3. The molecule has 1 fully saturated rings. The van der Waals surface area contributed by atoms with Crippen LogP contribution >= 0.6 is 0 Å². The quantitative estimate of drug-likeness (QED) is 0.870. The van der Waals surface area contributed by atoms with E-state index in [1.54, 1.807) is 0 Å². The van der Waals surface area contributed by atoms with Crippen LogP contribution in [0.25, 0.3) is 0 Å². The van der Waals surface area contributed by atoms with Crippen molar-refractivity contribution in [3.05, 3.63) is 23.2 Å². The maximum Gasteiger partial charge on any atom is 0.105 e. The van der Waals surface area contributed by atoms with Crippen molar-refractivity contribution in [3.63, 3.8) is 0 Å². The molecule has 1 aromatic rings. The molecule has 2 heterocycles. The van der Waals surface area contributed by atoms with Gasteiger partial charge in [0.15, 0.2) is 0 Å². The van der Waals surface area contributed by atoms with Crippen LogP contribution in [-0.2, 0) is 0 Å². The first kappa shape index (κ1) is 12.7. The van der Waals surface area contributed by atoms with Gasteiger partial charge in [-0.3, -0.25) is 0 Å². The molecule has 0 bridgehead atoms. The monoisotopic (exact) mass is 236 g/mol. The van der Waals surface area contributed by atoms with Gasteiger partial charge < -0.3 is 14.6 Å². The van der Waals surface area contributed by atoms with E-state index in [4.69, 9.17) is 4.42 Å². The summed E-state index contributed by atoms with van der Waals surface area (Å²) < 4.78 is 5.58. The molecule has 0 aromatic carbocycles. The first-order chi connectivity index (χ1) is 8.06. The van der Waals surface area contributed by atoms with Crippen molar-refractivity contribution in [2.45, 2.75) is 33.2 Å². The summed E-state index contributed by atoms with van der Waals surface area (Å²) in [5, 5.41) is 3.63. The van der Waals surface area contributed by atoms with E-state index in [1.165, 1.54) is 25.1 Å². The van der Waals surface area contributed by atoms with Gasteiger partial charge in [0, 0.05) is 18.2 Å². The number of rotatable bonds is 4. The fraction of sp³-hybridized carbons (Fsp3) is 0.714. The van der Waals surface area contributed by atoms with Gasteiger partial charge in [-0.05, 0) is 59.3 Å². The van der Waals surface area contributed by atoms with Crippen LogP contribution in [0, 0.1) is 19.8 Å². The molecule has 1 N–H and O–H groups in total. The standard InChI is InChI=1S/C14H24N2O/c1-10-7-14(12(3)17-10)11(2)15-8-13-5-6-16(4)9-13/h7,11,13,15H,5-6,8-9H2,1-4H3. The van der Waals surface area contributed by atoms with Crippen molar-refractivity contribution < 1.29 is 4.42 Å². The van der Waals surface area contributed by atoms with E-state index in [9.17, 15) is 0 Å². The van der Waals surface area contributed by atoms with Crippen LogP contribution in [0.1, 0.15) is 36.5 Å². The van der Waals surface area contributed by atoms with Crippen LogP contribution in [0.15, 0.2) is 10.5 Å². The molecule has 1 saturated heterocycles. The zero-order valence-corrected chi connectivity index (χ0v) is 11.4. The molecule has 0 saturated carbocycles. The molecule has 2 rings (SSSR count). The van der Waals surface area contributed by atoms with Gasteiger partial charge in [0.25, 0.3) is 0 Å². The second-order valence-electron chi connectivity index (χ2n) is 5.42. The Balaban J connectivity index is 1.85. The highest BCUT2D eigenvalue weighted by atomic mass is 16.3. The van der Waals surface area contributed by atoms with Gasteiger partial charge in [-0.2, -0.15) is 0 Å². The zero-order chi connectivity index (χ0) is 12.4. The molecular formula is C14H24N2O. The number of hydrogen-bond donors (Lipinski definition) is 1. The van der Waals surface area contributed by atoms with E-state index in [-0.39, 0.29) is 0 Å². The minimum Gasteiger partial charge on any atom is -0.466 e. The van der Waals surface area contributed by atoms with E-state index in [2.05, 4.69) is 30.3 Å². The van der Waals surface area contributed by atoms with Gasteiger partial charge in [0.05, 0.1) is 0 Å². The summed E-state index contributed by atoms with van der Waals surface area (Å²) in [5.41, 5.74) is 1.30. The number of aryl methyl sites for hydroxylation is 2. The van der Waals surface area contributed by atoms with Crippen LogP contribution in [0.2, 0.25) is 0 Å². The molecule has 2 unspecified atom stereocenters. The first-order valence-corrected chi connectivity index (χ1v) is 6.55. The van der Waals surface area contributed by atoms with Gasteiger partial charge in [-0.25, -0.2) is 0 Å². The third kappa shape index (κ3) is 3.11. The summed E-state index contributed by atoms with van der Waals surface area (Å²) in [4.78, 5) is 2.41. The van der Waals surface area contributed by atoms with Gasteiger partial charge in [0.2, 0.25) is 0 Å². The summed E-state index contributed by atoms with van der Waals surface area (Å²) >= 11 is 0. The Bertz CT molecular complexity index is 372. The van der Waals surface area contributed by atoms with Crippen molar-refractivity contribution in [2.75, 3.05) is 26.7 Å². The molecular weight excluding hydrogens is 212 g/mol. The van der Waals surface area contributed by atoms with Gasteiger partial charge in [0.1, 0.15) is 11.5 Å². The van der Waals surface area contributed by atoms with E-state index in [0.29, 0.717) is 6.04 Å². The van der Waals surface area contributed by atoms with Crippen LogP contribution in [0.3, 0.4) is 0 Å². The van der Waals surface area contributed by atoms with Crippen molar-refractivity contribution >= 4 is 0 Å². The van der Waals surface area contributed by atoms with Crippen LogP contribution < -0.4 is 5.32 Å². The second-order valence-corrected chi connectivity index (χ2v) is 5.42. The summed E-state index contributed by atoms with van der Waals surface area (Å²) in [7, 11) is 2.20. The fourth-order valence-corrected chi connectivity index (χ4v) is 2.73. The predicted octanol–water partition coefficient (Wildman–Crippen LogP) is 2.50. The molecule has 1 aliphatic heterocycles. The Morgan fingerprint density at radius 3 is 2.82 bits per heavy atom. The minimum absolute atomic E-state index is 0.387. The molecule has 1 aliphatic rings. The number of nitrogens with one attached hydrogen (secondary N) is 1. The van der Waals surface area contributed by atoms with E-state index >= 15 is 0 Å². The summed E-state index contributed by atoms with van der Waals surface area (Å²) in [6, 6.07) is 2.53. The van der Waals surface area contributed by atoms with Crippen molar-refractivity contribution in [3.8, 4) is 0 Å². The van der Waals surface area contributed by atoms with Crippen LogP contribution in [-0.4, -0.2) is 31.6 Å². The number of likely N-dealkylation sites (tertiary alicyclic amines) is 1.